The second-order valence-corrected chi connectivity index (χ2v) is 6.56. The first-order valence-corrected chi connectivity index (χ1v) is 7.68. The Morgan fingerprint density at radius 2 is 1.95 bits per heavy atom. The first-order chi connectivity index (χ1) is 9.22. The number of hydrogen-bond donors (Lipinski definition) is 1. The topological polar surface area (TPSA) is 12.0 Å². The summed E-state index contributed by atoms with van der Waals surface area (Å²) in [5.41, 5.74) is 3.09. The molecule has 1 heteroatoms. The molecule has 1 aromatic carbocycles. The summed E-state index contributed by atoms with van der Waals surface area (Å²) >= 11 is 0. The van der Waals surface area contributed by atoms with Crippen molar-refractivity contribution in [2.24, 2.45) is 11.8 Å². The van der Waals surface area contributed by atoms with Gasteiger partial charge in [-0.15, -0.1) is 0 Å². The molecule has 0 aliphatic heterocycles. The molecule has 0 amide bonds. The molecule has 1 aromatic rings. The summed E-state index contributed by atoms with van der Waals surface area (Å²) < 4.78 is 0. The minimum Gasteiger partial charge on any atom is -0.313 e. The van der Waals surface area contributed by atoms with E-state index in [1.54, 1.807) is 5.57 Å². The maximum atomic E-state index is 3.79. The fourth-order valence-corrected chi connectivity index (χ4v) is 3.65. The molecule has 19 heavy (non-hydrogen) atoms. The lowest BCUT2D eigenvalue weighted by Crippen LogP contribution is -2.28. The lowest BCUT2D eigenvalue weighted by molar-refractivity contribution is 0.379. The summed E-state index contributed by atoms with van der Waals surface area (Å²) in [7, 11) is 0. The molecule has 0 saturated heterocycles. The van der Waals surface area contributed by atoms with Crippen LogP contribution in [0.3, 0.4) is 0 Å². The molecule has 4 unspecified atom stereocenters. The summed E-state index contributed by atoms with van der Waals surface area (Å²) in [6.07, 6.45) is 6.41. The molecule has 4 atom stereocenters. The van der Waals surface area contributed by atoms with E-state index in [1.165, 1.54) is 31.4 Å². The molecule has 1 nitrogen and oxygen atoms in total. The van der Waals surface area contributed by atoms with Crippen LogP contribution in [-0.2, 0) is 0 Å². The van der Waals surface area contributed by atoms with Gasteiger partial charge in [0, 0.05) is 12.0 Å². The number of nitrogens with one attached hydrogen (secondary N) is 1. The van der Waals surface area contributed by atoms with Gasteiger partial charge in [-0.1, -0.05) is 48.9 Å². The molecule has 2 aliphatic rings. The highest BCUT2D eigenvalue weighted by molar-refractivity contribution is 5.27. The van der Waals surface area contributed by atoms with Crippen molar-refractivity contribution in [1.82, 2.24) is 5.32 Å². The van der Waals surface area contributed by atoms with Gasteiger partial charge < -0.3 is 5.32 Å². The van der Waals surface area contributed by atoms with Crippen LogP contribution in [0.1, 0.15) is 44.6 Å². The summed E-state index contributed by atoms with van der Waals surface area (Å²) in [4.78, 5) is 0. The Hall–Kier alpha value is -1.08. The molecule has 1 fully saturated rings. The zero-order valence-electron chi connectivity index (χ0n) is 12.1. The van der Waals surface area contributed by atoms with E-state index in [0.717, 1.165) is 23.8 Å². The van der Waals surface area contributed by atoms with Gasteiger partial charge in [0.2, 0.25) is 0 Å². The number of hydrogen-bond acceptors (Lipinski definition) is 1. The van der Waals surface area contributed by atoms with Crippen molar-refractivity contribution in [3.63, 3.8) is 0 Å². The standard InChI is InChI=1S/C18H25N/c1-13-8-14(2)10-15(9-13)12-19-18-11-17(18)16-6-4-3-5-7-16/h3-8,13,15,17-19H,9-12H2,1-2H3. The molecule has 0 aromatic heterocycles. The highest BCUT2D eigenvalue weighted by Gasteiger charge is 2.38. The highest BCUT2D eigenvalue weighted by atomic mass is 15.0. The lowest BCUT2D eigenvalue weighted by Gasteiger charge is -2.25. The van der Waals surface area contributed by atoms with Gasteiger partial charge in [-0.3, -0.25) is 0 Å². The maximum absolute atomic E-state index is 3.79. The largest absolute Gasteiger partial charge is 0.313 e. The molecule has 0 spiro atoms. The second kappa shape index (κ2) is 5.50. The normalized spacial score (nSPS) is 33.9. The second-order valence-electron chi connectivity index (χ2n) is 6.56. The zero-order chi connectivity index (χ0) is 13.2. The molecule has 0 bridgehead atoms. The van der Waals surface area contributed by atoms with Gasteiger partial charge in [0.05, 0.1) is 0 Å². The summed E-state index contributed by atoms with van der Waals surface area (Å²) in [5, 5.41) is 3.79. The van der Waals surface area contributed by atoms with Crippen LogP contribution in [0.15, 0.2) is 42.0 Å². The van der Waals surface area contributed by atoms with Crippen LogP contribution in [0, 0.1) is 11.8 Å². The van der Waals surface area contributed by atoms with Gasteiger partial charge in [-0.25, -0.2) is 0 Å². The van der Waals surface area contributed by atoms with Crippen molar-refractivity contribution >= 4 is 0 Å². The van der Waals surface area contributed by atoms with Crippen LogP contribution in [0.5, 0.6) is 0 Å². The van der Waals surface area contributed by atoms with E-state index >= 15 is 0 Å². The predicted octanol–water partition coefficient (Wildman–Crippen LogP) is 4.12. The van der Waals surface area contributed by atoms with Gasteiger partial charge in [-0.2, -0.15) is 0 Å². The third kappa shape index (κ3) is 3.27. The molecule has 2 aliphatic carbocycles. The zero-order valence-corrected chi connectivity index (χ0v) is 12.1. The summed E-state index contributed by atoms with van der Waals surface area (Å²) in [6, 6.07) is 11.7. The van der Waals surface area contributed by atoms with E-state index < -0.39 is 0 Å². The molecule has 1 saturated carbocycles. The van der Waals surface area contributed by atoms with Crippen LogP contribution >= 0.6 is 0 Å². The predicted molar refractivity (Wildman–Crippen MR) is 81.2 cm³/mol. The van der Waals surface area contributed by atoms with E-state index in [4.69, 9.17) is 0 Å². The van der Waals surface area contributed by atoms with Gasteiger partial charge in [0.1, 0.15) is 0 Å². The van der Waals surface area contributed by atoms with Crippen LogP contribution in [0.2, 0.25) is 0 Å². The average Bonchev–Trinajstić information content (AvgIpc) is 3.16. The summed E-state index contributed by atoms with van der Waals surface area (Å²) in [6.45, 7) is 5.83. The monoisotopic (exact) mass is 255 g/mol. The third-order valence-corrected chi connectivity index (χ3v) is 4.57. The van der Waals surface area contributed by atoms with Crippen LogP contribution < -0.4 is 5.32 Å². The van der Waals surface area contributed by atoms with E-state index in [0.29, 0.717) is 0 Å². The van der Waals surface area contributed by atoms with Gasteiger partial charge in [-0.05, 0) is 50.1 Å². The maximum Gasteiger partial charge on any atom is 0.0143 e. The smallest absolute Gasteiger partial charge is 0.0143 e. The Kier molecular flexibility index (Phi) is 3.74. The van der Waals surface area contributed by atoms with Crippen molar-refractivity contribution in [1.29, 1.82) is 0 Å². The highest BCUT2D eigenvalue weighted by Crippen LogP contribution is 2.41. The van der Waals surface area contributed by atoms with Crippen LogP contribution in [0.25, 0.3) is 0 Å². The Labute approximate surface area is 117 Å². The summed E-state index contributed by atoms with van der Waals surface area (Å²) in [5.74, 6) is 2.38. The van der Waals surface area contributed by atoms with Gasteiger partial charge in [0.25, 0.3) is 0 Å². The number of rotatable bonds is 4. The third-order valence-electron chi connectivity index (χ3n) is 4.57. The van der Waals surface area contributed by atoms with Crippen LogP contribution in [0.4, 0.5) is 0 Å². The Bertz CT molecular complexity index is 448. The van der Waals surface area contributed by atoms with Crippen LogP contribution in [-0.4, -0.2) is 12.6 Å². The number of benzene rings is 1. The van der Waals surface area contributed by atoms with Crippen molar-refractivity contribution in [2.75, 3.05) is 6.54 Å². The Morgan fingerprint density at radius 3 is 2.68 bits per heavy atom. The van der Waals surface area contributed by atoms with E-state index in [1.807, 2.05) is 0 Å². The number of allylic oxidation sites excluding steroid dienone is 2. The Balaban J connectivity index is 1.46. The first kappa shape index (κ1) is 12.9. The molecule has 3 rings (SSSR count). The lowest BCUT2D eigenvalue weighted by atomic mass is 9.84. The van der Waals surface area contributed by atoms with Crippen molar-refractivity contribution in [3.05, 3.63) is 47.5 Å². The molecule has 1 N–H and O–H groups in total. The average molecular weight is 255 g/mol. The van der Waals surface area contributed by atoms with Crippen molar-refractivity contribution < 1.29 is 0 Å². The fourth-order valence-electron chi connectivity index (χ4n) is 3.65. The molecule has 102 valence electrons. The van der Waals surface area contributed by atoms with Crippen molar-refractivity contribution in [2.45, 2.75) is 45.1 Å². The van der Waals surface area contributed by atoms with E-state index in [-0.39, 0.29) is 0 Å². The van der Waals surface area contributed by atoms with Crippen molar-refractivity contribution in [3.8, 4) is 0 Å². The quantitative estimate of drug-likeness (QED) is 0.798. The minimum absolute atomic E-state index is 0.726. The molecular weight excluding hydrogens is 230 g/mol. The fraction of sp³-hybridized carbons (Fsp3) is 0.556. The van der Waals surface area contributed by atoms with E-state index in [2.05, 4.69) is 55.6 Å². The first-order valence-electron chi connectivity index (χ1n) is 7.68. The molecular formula is C18H25N. The van der Waals surface area contributed by atoms with Gasteiger partial charge in [0.15, 0.2) is 0 Å². The SMILES string of the molecule is CC1=CC(C)CC(CNC2CC2c2ccccc2)C1. The van der Waals surface area contributed by atoms with E-state index in [9.17, 15) is 0 Å². The molecule has 0 radical (unpaired) electrons. The van der Waals surface area contributed by atoms with Gasteiger partial charge >= 0.3 is 0 Å². The molecule has 0 heterocycles. The minimum atomic E-state index is 0.726. The Morgan fingerprint density at radius 1 is 1.16 bits per heavy atom.